The van der Waals surface area contributed by atoms with E-state index in [9.17, 15) is 15.0 Å². The van der Waals surface area contributed by atoms with Gasteiger partial charge in [0.2, 0.25) is 0 Å². The summed E-state index contributed by atoms with van der Waals surface area (Å²) in [6, 6.07) is 26.1. The van der Waals surface area contributed by atoms with E-state index in [0.717, 1.165) is 27.9 Å². The zero-order valence-electron chi connectivity index (χ0n) is 21.7. The van der Waals surface area contributed by atoms with E-state index < -0.39 is 36.6 Å². The number of benzene rings is 3. The zero-order chi connectivity index (χ0) is 27.7. The van der Waals surface area contributed by atoms with Crippen LogP contribution in [0, 0.1) is 13.8 Å². The van der Waals surface area contributed by atoms with Crippen molar-refractivity contribution in [2.24, 2.45) is 0 Å². The maximum atomic E-state index is 13.3. The van der Waals surface area contributed by atoms with Gasteiger partial charge in [0, 0.05) is 22.5 Å². The molecule has 0 saturated carbocycles. The van der Waals surface area contributed by atoms with Crippen molar-refractivity contribution in [1.29, 1.82) is 0 Å². The summed E-state index contributed by atoms with van der Waals surface area (Å²) in [6.07, 6.45) is -3.70. The lowest BCUT2D eigenvalue weighted by molar-refractivity contribution is -0.0929. The molecule has 0 unspecified atom stereocenters. The highest BCUT2D eigenvalue weighted by Gasteiger charge is 2.49. The Bertz CT molecular complexity index is 1470. The van der Waals surface area contributed by atoms with E-state index in [1.807, 2.05) is 74.5 Å². The smallest absolute Gasteiger partial charge is 0.338 e. The third kappa shape index (κ3) is 5.29. The topological polar surface area (TPSA) is 80.9 Å². The summed E-state index contributed by atoms with van der Waals surface area (Å²) in [4.78, 5) is 13.3. The average Bonchev–Trinajstić information content (AvgIpc) is 3.41. The van der Waals surface area contributed by atoms with E-state index in [2.05, 4.69) is 6.58 Å². The Morgan fingerprint density at radius 1 is 0.923 bits per heavy atom. The van der Waals surface area contributed by atoms with Crippen LogP contribution < -0.4 is 0 Å². The summed E-state index contributed by atoms with van der Waals surface area (Å²) in [5.74, 6) is -0.564. The van der Waals surface area contributed by atoms with Crippen LogP contribution in [-0.4, -0.2) is 39.1 Å². The molecule has 39 heavy (non-hydrogen) atoms. The minimum absolute atomic E-state index is 0.363. The number of hydrogen-bond donors (Lipinski definition) is 2. The van der Waals surface area contributed by atoms with E-state index >= 15 is 0 Å². The number of nitrogens with zero attached hydrogens (tertiary/aromatic N) is 1. The molecule has 6 nitrogen and oxygen atoms in total. The number of hydrogen-bond acceptors (Lipinski definition) is 5. The first-order valence-corrected chi connectivity index (χ1v) is 13.1. The molecule has 200 valence electrons. The van der Waals surface area contributed by atoms with Crippen molar-refractivity contribution in [3.8, 4) is 11.1 Å². The van der Waals surface area contributed by atoms with Gasteiger partial charge < -0.3 is 24.3 Å². The molecule has 1 aliphatic rings. The van der Waals surface area contributed by atoms with Crippen LogP contribution in [0.5, 0.6) is 0 Å². The summed E-state index contributed by atoms with van der Waals surface area (Å²) in [6.45, 7) is 7.56. The summed E-state index contributed by atoms with van der Waals surface area (Å²) < 4.78 is 14.0. The number of carbonyl (C=O) groups excluding carboxylic acids is 1. The highest BCUT2D eigenvalue weighted by molar-refractivity contribution is 6.48. The van der Waals surface area contributed by atoms with Crippen molar-refractivity contribution in [2.45, 2.75) is 44.5 Å². The van der Waals surface area contributed by atoms with Crippen molar-refractivity contribution in [1.82, 2.24) is 4.57 Å². The van der Waals surface area contributed by atoms with Gasteiger partial charge in [-0.05, 0) is 48.2 Å². The molecule has 1 fully saturated rings. The summed E-state index contributed by atoms with van der Waals surface area (Å²) in [5, 5.41) is 22.5. The van der Waals surface area contributed by atoms with Crippen LogP contribution in [0.2, 0.25) is 0 Å². The first kappa shape index (κ1) is 26.9. The number of esters is 1. The minimum atomic E-state index is -1.32. The maximum Gasteiger partial charge on any atom is 0.338 e. The standard InChI is InChI=1S/C32H30ClNO5/c1-19-18-34(21(3)26(19)20(2)33)31-28(36)27(35)30(38-31)29(24-12-8-5-9-13-24)39-32(37)25-16-14-23(15-17-25)22-10-6-4-7-11-22/h4-18,27-31,35-36H,2H2,1,3H3/t27-,28+,29+,30-,31+/m0/s1. The zero-order valence-corrected chi connectivity index (χ0v) is 22.5. The van der Waals surface area contributed by atoms with Gasteiger partial charge in [-0.25, -0.2) is 4.79 Å². The Balaban J connectivity index is 1.42. The summed E-state index contributed by atoms with van der Waals surface area (Å²) in [7, 11) is 0. The number of aliphatic hydroxyl groups is 2. The van der Waals surface area contributed by atoms with Crippen molar-refractivity contribution in [3.05, 3.63) is 126 Å². The Hall–Kier alpha value is -3.68. The molecule has 1 saturated heterocycles. The molecule has 7 heteroatoms. The second-order valence-corrected chi connectivity index (χ2v) is 10.2. The number of carbonyl (C=O) groups is 1. The van der Waals surface area contributed by atoms with Crippen LogP contribution in [0.15, 0.2) is 97.7 Å². The fraction of sp³-hybridized carbons (Fsp3) is 0.219. The Morgan fingerprint density at radius 3 is 2.10 bits per heavy atom. The normalized spacial score (nSPS) is 21.5. The van der Waals surface area contributed by atoms with E-state index in [4.69, 9.17) is 21.1 Å². The molecule has 1 aliphatic heterocycles. The van der Waals surface area contributed by atoms with Crippen LogP contribution in [0.4, 0.5) is 0 Å². The molecule has 0 aliphatic carbocycles. The molecule has 5 rings (SSSR count). The molecular formula is C32H30ClNO5. The van der Waals surface area contributed by atoms with Crippen LogP contribution in [0.3, 0.4) is 0 Å². The van der Waals surface area contributed by atoms with E-state index in [0.29, 0.717) is 16.2 Å². The van der Waals surface area contributed by atoms with Crippen molar-refractivity contribution in [2.75, 3.05) is 0 Å². The van der Waals surface area contributed by atoms with Gasteiger partial charge in [0.1, 0.15) is 18.3 Å². The molecule has 5 atom stereocenters. The number of aliphatic hydroxyl groups excluding tert-OH is 2. The Kier molecular flexibility index (Phi) is 7.73. The van der Waals surface area contributed by atoms with Crippen molar-refractivity contribution >= 4 is 22.6 Å². The maximum absolute atomic E-state index is 13.3. The fourth-order valence-corrected chi connectivity index (χ4v) is 5.49. The predicted molar refractivity (Wildman–Crippen MR) is 151 cm³/mol. The Morgan fingerprint density at radius 2 is 1.51 bits per heavy atom. The molecule has 4 aromatic rings. The molecule has 2 heterocycles. The van der Waals surface area contributed by atoms with Gasteiger partial charge in [-0.15, -0.1) is 0 Å². The van der Waals surface area contributed by atoms with Crippen LogP contribution in [0.1, 0.15) is 45.1 Å². The summed E-state index contributed by atoms with van der Waals surface area (Å²) in [5.41, 5.74) is 5.39. The largest absolute Gasteiger partial charge is 0.451 e. The fourth-order valence-electron chi connectivity index (χ4n) is 5.20. The summed E-state index contributed by atoms with van der Waals surface area (Å²) >= 11 is 6.20. The Labute approximate surface area is 232 Å². The van der Waals surface area contributed by atoms with Crippen LogP contribution in [0.25, 0.3) is 16.2 Å². The third-order valence-electron chi connectivity index (χ3n) is 7.19. The van der Waals surface area contributed by atoms with Gasteiger partial charge in [0.15, 0.2) is 12.3 Å². The second-order valence-electron chi connectivity index (χ2n) is 9.74. The molecule has 3 aromatic carbocycles. The minimum Gasteiger partial charge on any atom is -0.451 e. The van der Waals surface area contributed by atoms with Gasteiger partial charge in [0.05, 0.1) is 5.56 Å². The van der Waals surface area contributed by atoms with Gasteiger partial charge in [-0.1, -0.05) is 91.0 Å². The first-order chi connectivity index (χ1) is 18.8. The third-order valence-corrected chi connectivity index (χ3v) is 7.37. The quantitative estimate of drug-likeness (QED) is 0.271. The molecule has 0 bridgehead atoms. The van der Waals surface area contributed by atoms with Gasteiger partial charge >= 0.3 is 5.97 Å². The molecule has 0 spiro atoms. The lowest BCUT2D eigenvalue weighted by Gasteiger charge is -2.26. The molecule has 1 aromatic heterocycles. The van der Waals surface area contributed by atoms with Gasteiger partial charge in [-0.2, -0.15) is 0 Å². The monoisotopic (exact) mass is 543 g/mol. The second kappa shape index (κ2) is 11.2. The molecule has 0 amide bonds. The van der Waals surface area contributed by atoms with Crippen molar-refractivity contribution in [3.63, 3.8) is 0 Å². The molecule has 0 radical (unpaired) electrons. The molecular weight excluding hydrogens is 514 g/mol. The van der Waals surface area contributed by atoms with Crippen LogP contribution >= 0.6 is 11.6 Å². The predicted octanol–water partition coefficient (Wildman–Crippen LogP) is 6.20. The first-order valence-electron chi connectivity index (χ1n) is 12.7. The number of ether oxygens (including phenoxy) is 2. The van der Waals surface area contributed by atoms with Crippen LogP contribution in [-0.2, 0) is 9.47 Å². The lowest BCUT2D eigenvalue weighted by Crippen LogP contribution is -2.36. The number of aryl methyl sites for hydroxylation is 1. The number of aromatic nitrogens is 1. The van der Waals surface area contributed by atoms with Gasteiger partial charge in [0.25, 0.3) is 0 Å². The van der Waals surface area contributed by atoms with Crippen molar-refractivity contribution < 1.29 is 24.5 Å². The van der Waals surface area contributed by atoms with E-state index in [1.54, 1.807) is 35.0 Å². The highest BCUT2D eigenvalue weighted by Crippen LogP contribution is 2.40. The van der Waals surface area contributed by atoms with E-state index in [1.165, 1.54) is 0 Å². The SMILES string of the molecule is C=C(Cl)c1c(C)cn([C@@H]2O[C@H]([C@H](OC(=O)c3ccc(-c4ccccc4)cc3)c3ccccc3)[C@@H](O)[C@H]2O)c1C. The highest BCUT2D eigenvalue weighted by atomic mass is 35.5. The number of rotatable bonds is 7. The lowest BCUT2D eigenvalue weighted by atomic mass is 9.98. The number of halogens is 1. The molecule has 2 N–H and O–H groups in total. The van der Waals surface area contributed by atoms with E-state index in [-0.39, 0.29) is 0 Å². The van der Waals surface area contributed by atoms with Gasteiger partial charge in [-0.3, -0.25) is 0 Å². The average molecular weight is 544 g/mol.